The minimum Gasteiger partial charge on any atom is -0.478 e. The van der Waals surface area contributed by atoms with Gasteiger partial charge in [0.2, 0.25) is 0 Å². The third-order valence-electron chi connectivity index (χ3n) is 5.83. The summed E-state index contributed by atoms with van der Waals surface area (Å²) < 4.78 is 34.4. The van der Waals surface area contributed by atoms with Gasteiger partial charge in [0.05, 0.1) is 24.2 Å². The molecule has 0 unspecified atom stereocenters. The van der Waals surface area contributed by atoms with Crippen LogP contribution in [0.5, 0.6) is 0 Å². The van der Waals surface area contributed by atoms with E-state index in [-0.39, 0.29) is 22.9 Å². The van der Waals surface area contributed by atoms with Crippen LogP contribution in [-0.4, -0.2) is 66.7 Å². The lowest BCUT2D eigenvalue weighted by Crippen LogP contribution is -2.35. The number of halogens is 2. The van der Waals surface area contributed by atoms with Gasteiger partial charge >= 0.3 is 12.1 Å². The van der Waals surface area contributed by atoms with Crippen molar-refractivity contribution in [2.24, 2.45) is 0 Å². The Morgan fingerprint density at radius 1 is 1.05 bits per heavy atom. The number of hydrogen-bond donors (Lipinski definition) is 1. The van der Waals surface area contributed by atoms with Crippen molar-refractivity contribution in [1.29, 1.82) is 0 Å². The highest BCUT2D eigenvalue weighted by molar-refractivity contribution is 7.20. The molecule has 0 spiro atoms. The zero-order valence-electron chi connectivity index (χ0n) is 22.0. The van der Waals surface area contributed by atoms with Crippen molar-refractivity contribution in [3.05, 3.63) is 80.9 Å². The number of carboxylic acid groups (broad SMARTS) is 1. The van der Waals surface area contributed by atoms with Crippen LogP contribution in [0.25, 0.3) is 10.4 Å². The van der Waals surface area contributed by atoms with E-state index in [1.54, 1.807) is 44.9 Å². The van der Waals surface area contributed by atoms with Gasteiger partial charge in [0.1, 0.15) is 22.2 Å². The highest BCUT2D eigenvalue weighted by Crippen LogP contribution is 2.47. The molecule has 1 heterocycles. The Bertz CT molecular complexity index is 1350. The second kappa shape index (κ2) is 12.3. The molecule has 3 aromatic rings. The fourth-order valence-corrected chi connectivity index (χ4v) is 5.58. The molecular weight excluding hydrogens is 534 g/mol. The number of aromatic carboxylic acids is 1. The number of nitrogens with zero attached hydrogens (tertiary/aromatic N) is 4. The molecule has 0 saturated heterocycles. The van der Waals surface area contributed by atoms with E-state index in [1.807, 2.05) is 0 Å². The van der Waals surface area contributed by atoms with Crippen LogP contribution in [0.3, 0.4) is 0 Å². The molecule has 0 atom stereocenters. The zero-order chi connectivity index (χ0) is 29.0. The molecule has 1 amide bonds. The van der Waals surface area contributed by atoms with E-state index >= 15 is 0 Å². The summed E-state index contributed by atoms with van der Waals surface area (Å²) in [6, 6.07) is 8.80. The largest absolute Gasteiger partial charge is 0.478 e. The van der Waals surface area contributed by atoms with E-state index in [1.165, 1.54) is 30.3 Å². The van der Waals surface area contributed by atoms with Crippen molar-refractivity contribution >= 4 is 34.1 Å². The van der Waals surface area contributed by atoms with Crippen LogP contribution in [0.4, 0.5) is 24.3 Å². The van der Waals surface area contributed by atoms with Crippen molar-refractivity contribution in [2.45, 2.75) is 19.6 Å². The third-order valence-corrected chi connectivity index (χ3v) is 7.11. The van der Waals surface area contributed by atoms with E-state index < -0.39 is 46.9 Å². The number of rotatable bonds is 10. The molecule has 0 radical (unpaired) electrons. The lowest BCUT2D eigenvalue weighted by Gasteiger charge is -2.32. The Kier molecular flexibility index (Phi) is 9.32. The molecule has 1 aromatic heterocycles. The van der Waals surface area contributed by atoms with E-state index in [4.69, 9.17) is 4.74 Å². The van der Waals surface area contributed by atoms with Crippen molar-refractivity contribution in [3.8, 4) is 10.4 Å². The van der Waals surface area contributed by atoms with Gasteiger partial charge in [-0.25, -0.2) is 18.4 Å². The average Bonchev–Trinajstić information content (AvgIpc) is 3.23. The molecule has 0 aliphatic carbocycles. The fraction of sp³-hybridized carbons (Fsp3) is 0.308. The minimum atomic E-state index is -1.37. The highest BCUT2D eigenvalue weighted by atomic mass is 32.1. The van der Waals surface area contributed by atoms with Crippen LogP contribution in [0.2, 0.25) is 0 Å². The third kappa shape index (κ3) is 6.21. The smallest absolute Gasteiger partial charge is 0.415 e. The molecule has 0 aliphatic heterocycles. The molecule has 0 aliphatic rings. The van der Waals surface area contributed by atoms with Crippen molar-refractivity contribution < 1.29 is 33.1 Å². The average molecular weight is 563 g/mol. The number of amides is 1. The fourth-order valence-electron chi connectivity index (χ4n) is 4.26. The maximum absolute atomic E-state index is 14.6. The lowest BCUT2D eigenvalue weighted by atomic mass is 10.0. The van der Waals surface area contributed by atoms with E-state index in [9.17, 15) is 33.6 Å². The van der Waals surface area contributed by atoms with Gasteiger partial charge in [0.15, 0.2) is 0 Å². The summed E-state index contributed by atoms with van der Waals surface area (Å²) in [6.07, 6.45) is -1.61. The summed E-state index contributed by atoms with van der Waals surface area (Å²) in [5.41, 5.74) is -0.0925. The SMILES string of the molecule is CCOC(=O)N(Cc1c(F)cccc1F)c1sc(-c2ccc([N+](=O)[O-])cc2)c(C(N(C)C)N(C)C)c1C(=O)O. The van der Waals surface area contributed by atoms with Gasteiger partial charge < -0.3 is 9.84 Å². The first-order valence-electron chi connectivity index (χ1n) is 11.7. The number of thiophene rings is 1. The second-order valence-electron chi connectivity index (χ2n) is 8.92. The predicted molar refractivity (Wildman–Crippen MR) is 143 cm³/mol. The Hall–Kier alpha value is -3.94. The number of carbonyl (C=O) groups excluding carboxylic acids is 1. The Morgan fingerprint density at radius 3 is 2.08 bits per heavy atom. The number of nitro benzene ring substituents is 1. The van der Waals surface area contributed by atoms with Gasteiger partial charge in [0, 0.05) is 28.1 Å². The molecule has 0 saturated carbocycles. The Morgan fingerprint density at radius 2 is 1.62 bits per heavy atom. The quantitative estimate of drug-likeness (QED) is 0.193. The molecule has 2 aromatic carbocycles. The first-order chi connectivity index (χ1) is 18.4. The van der Waals surface area contributed by atoms with Crippen LogP contribution < -0.4 is 4.90 Å². The normalized spacial score (nSPS) is 11.3. The van der Waals surface area contributed by atoms with Crippen LogP contribution >= 0.6 is 11.3 Å². The van der Waals surface area contributed by atoms with Gasteiger partial charge in [-0.05, 0) is 64.9 Å². The number of carbonyl (C=O) groups is 2. The summed E-state index contributed by atoms with van der Waals surface area (Å²) in [7, 11) is 6.96. The van der Waals surface area contributed by atoms with Gasteiger partial charge in [-0.1, -0.05) is 6.07 Å². The Balaban J connectivity index is 2.37. The summed E-state index contributed by atoms with van der Waals surface area (Å²) >= 11 is 0.914. The lowest BCUT2D eigenvalue weighted by molar-refractivity contribution is -0.384. The van der Waals surface area contributed by atoms with Gasteiger partial charge in [-0.15, -0.1) is 11.3 Å². The molecule has 208 valence electrons. The summed E-state index contributed by atoms with van der Waals surface area (Å²) in [5.74, 6) is -3.19. The number of carboxylic acids is 1. The van der Waals surface area contributed by atoms with Crippen LogP contribution in [0.1, 0.15) is 34.6 Å². The highest BCUT2D eigenvalue weighted by Gasteiger charge is 2.36. The van der Waals surface area contributed by atoms with Crippen molar-refractivity contribution in [1.82, 2.24) is 9.80 Å². The van der Waals surface area contributed by atoms with Crippen molar-refractivity contribution in [3.63, 3.8) is 0 Å². The topological polar surface area (TPSA) is 116 Å². The number of benzene rings is 2. The number of hydrogen-bond acceptors (Lipinski definition) is 8. The molecular formula is C26H28F2N4O6S. The van der Waals surface area contributed by atoms with Crippen molar-refractivity contribution in [2.75, 3.05) is 39.7 Å². The minimum absolute atomic E-state index is 0.0665. The maximum Gasteiger partial charge on any atom is 0.415 e. The number of anilines is 1. The number of ether oxygens (including phenoxy) is 1. The second-order valence-corrected chi connectivity index (χ2v) is 9.92. The van der Waals surface area contributed by atoms with E-state index in [2.05, 4.69) is 0 Å². The summed E-state index contributed by atoms with van der Waals surface area (Å²) in [5, 5.41) is 21.5. The zero-order valence-corrected chi connectivity index (χ0v) is 22.8. The van der Waals surface area contributed by atoms with Gasteiger partial charge in [-0.2, -0.15) is 0 Å². The Labute approximate surface area is 227 Å². The molecule has 10 nitrogen and oxygen atoms in total. The number of nitro groups is 1. The molecule has 1 N–H and O–H groups in total. The molecule has 0 bridgehead atoms. The van der Waals surface area contributed by atoms with E-state index in [0.717, 1.165) is 28.4 Å². The molecule has 39 heavy (non-hydrogen) atoms. The summed E-state index contributed by atoms with van der Waals surface area (Å²) in [6.45, 7) is 0.850. The first-order valence-corrected chi connectivity index (χ1v) is 12.5. The van der Waals surface area contributed by atoms with Crippen LogP contribution in [0.15, 0.2) is 42.5 Å². The van der Waals surface area contributed by atoms with Gasteiger partial charge in [0.25, 0.3) is 5.69 Å². The van der Waals surface area contributed by atoms with Gasteiger partial charge in [-0.3, -0.25) is 24.8 Å². The molecule has 0 fully saturated rings. The number of non-ortho nitro benzene ring substituents is 1. The predicted octanol–water partition coefficient (Wildman–Crippen LogP) is 5.58. The van der Waals surface area contributed by atoms with Crippen LogP contribution in [-0.2, 0) is 11.3 Å². The monoisotopic (exact) mass is 562 g/mol. The maximum atomic E-state index is 14.6. The molecule has 3 rings (SSSR count). The molecule has 13 heteroatoms. The first kappa shape index (κ1) is 29.6. The summed E-state index contributed by atoms with van der Waals surface area (Å²) in [4.78, 5) is 41.4. The van der Waals surface area contributed by atoms with E-state index in [0.29, 0.717) is 16.0 Å². The van der Waals surface area contributed by atoms with Crippen LogP contribution in [0, 0.1) is 21.7 Å². The standard InChI is InChI=1S/C26H28F2N4O6S/c1-6-38-26(35)31(14-17-18(27)8-7-9-19(17)28)24-21(25(33)34)20(23(29(2)3)30(4)5)22(39-24)15-10-12-16(13-11-15)32(36)37/h7-13,23H,6,14H2,1-5H3,(H,33,34).